The smallest absolute Gasteiger partial charge is 0.366 e. The highest BCUT2D eigenvalue weighted by Crippen LogP contribution is 2.28. The minimum absolute atomic E-state index is 0.0697. The van der Waals surface area contributed by atoms with E-state index < -0.39 is 23.8 Å². The molecule has 0 aliphatic heterocycles. The zero-order chi connectivity index (χ0) is 19.5. The molecule has 140 valence electrons. The van der Waals surface area contributed by atoms with Crippen molar-refractivity contribution in [2.24, 2.45) is 5.73 Å². The Bertz CT molecular complexity index is 830. The Morgan fingerprint density at radius 2 is 1.92 bits per heavy atom. The fourth-order valence-corrected chi connectivity index (χ4v) is 2.23. The molecular weight excluding hydrogens is 351 g/mol. The van der Waals surface area contributed by atoms with Crippen molar-refractivity contribution >= 4 is 17.6 Å². The van der Waals surface area contributed by atoms with Crippen LogP contribution < -0.4 is 16.4 Å². The molecule has 0 radical (unpaired) electrons. The number of urea groups is 1. The summed E-state index contributed by atoms with van der Waals surface area (Å²) < 4.78 is 39.0. The van der Waals surface area contributed by atoms with Crippen LogP contribution in [0.15, 0.2) is 24.3 Å². The lowest BCUT2D eigenvalue weighted by Gasteiger charge is -2.11. The van der Waals surface area contributed by atoms with Crippen LogP contribution in [-0.4, -0.2) is 28.3 Å². The minimum Gasteiger partial charge on any atom is -0.366 e. The molecule has 0 unspecified atom stereocenters. The highest BCUT2D eigenvalue weighted by Gasteiger charge is 2.34. The lowest BCUT2D eigenvalue weighted by atomic mass is 10.1. The van der Waals surface area contributed by atoms with E-state index in [2.05, 4.69) is 15.7 Å². The van der Waals surface area contributed by atoms with E-state index in [1.807, 2.05) is 0 Å². The van der Waals surface area contributed by atoms with Crippen molar-refractivity contribution in [3.8, 4) is 0 Å². The second-order valence-corrected chi connectivity index (χ2v) is 5.67. The summed E-state index contributed by atoms with van der Waals surface area (Å²) in [5.41, 5.74) is 5.94. The van der Waals surface area contributed by atoms with Crippen LogP contribution in [0.5, 0.6) is 0 Å². The van der Waals surface area contributed by atoms with Gasteiger partial charge < -0.3 is 16.4 Å². The van der Waals surface area contributed by atoms with Crippen molar-refractivity contribution in [1.29, 1.82) is 0 Å². The Balaban J connectivity index is 1.93. The number of aryl methyl sites for hydroxylation is 2. The number of carbonyl (C=O) groups excluding carboxylic acids is 2. The second-order valence-electron chi connectivity index (χ2n) is 5.67. The molecule has 2 aromatic rings. The molecular formula is C16H18F3N5O2. The fourth-order valence-electron chi connectivity index (χ4n) is 2.23. The van der Waals surface area contributed by atoms with Gasteiger partial charge in [-0.05, 0) is 37.6 Å². The lowest BCUT2D eigenvalue weighted by molar-refractivity contribution is -0.141. The van der Waals surface area contributed by atoms with Gasteiger partial charge in [-0.25, -0.2) is 4.79 Å². The zero-order valence-corrected chi connectivity index (χ0v) is 14.1. The van der Waals surface area contributed by atoms with E-state index in [4.69, 9.17) is 5.73 Å². The summed E-state index contributed by atoms with van der Waals surface area (Å²) in [6.45, 7) is 3.39. The third-order valence-electron chi connectivity index (χ3n) is 3.65. The van der Waals surface area contributed by atoms with Crippen LogP contribution in [0.3, 0.4) is 0 Å². The van der Waals surface area contributed by atoms with Gasteiger partial charge >= 0.3 is 12.2 Å². The Morgan fingerprint density at radius 1 is 1.23 bits per heavy atom. The number of nitrogens with one attached hydrogen (secondary N) is 2. The average molecular weight is 369 g/mol. The molecule has 0 aliphatic rings. The van der Waals surface area contributed by atoms with Gasteiger partial charge in [0.25, 0.3) is 0 Å². The van der Waals surface area contributed by atoms with Gasteiger partial charge in [0.05, 0.1) is 6.54 Å². The van der Waals surface area contributed by atoms with Crippen molar-refractivity contribution in [2.45, 2.75) is 26.6 Å². The summed E-state index contributed by atoms with van der Waals surface area (Å²) in [7, 11) is 0. The summed E-state index contributed by atoms with van der Waals surface area (Å²) >= 11 is 0. The molecule has 1 aromatic carbocycles. The first-order valence-electron chi connectivity index (χ1n) is 7.65. The summed E-state index contributed by atoms with van der Waals surface area (Å²) in [6, 6.07) is 5.01. The van der Waals surface area contributed by atoms with Crippen molar-refractivity contribution in [3.05, 3.63) is 46.8 Å². The number of hydrogen-bond acceptors (Lipinski definition) is 3. The van der Waals surface area contributed by atoms with E-state index in [9.17, 15) is 22.8 Å². The molecule has 4 N–H and O–H groups in total. The highest BCUT2D eigenvalue weighted by atomic mass is 19.4. The van der Waals surface area contributed by atoms with Crippen LogP contribution in [0.2, 0.25) is 0 Å². The van der Waals surface area contributed by atoms with Crippen molar-refractivity contribution in [3.63, 3.8) is 0 Å². The lowest BCUT2D eigenvalue weighted by Crippen LogP contribution is -2.32. The Hall–Kier alpha value is -3.04. The number of hydrogen-bond donors (Lipinski definition) is 3. The number of anilines is 1. The number of carbonyl (C=O) groups is 2. The monoisotopic (exact) mass is 369 g/mol. The van der Waals surface area contributed by atoms with Crippen molar-refractivity contribution in [2.75, 3.05) is 11.9 Å². The molecule has 10 heteroatoms. The Labute approximate surface area is 147 Å². The largest absolute Gasteiger partial charge is 0.435 e. The van der Waals surface area contributed by atoms with E-state index >= 15 is 0 Å². The standard InChI is InChI=1S/C16H18F3N5O2/c1-9-3-4-11(14(20)25)8-12(9)22-15(26)21-5-6-24-10(2)7-13(23-24)16(17,18)19/h3-4,7-8H,5-6H2,1-2H3,(H2,20,25)(H2,21,22,26). The van der Waals surface area contributed by atoms with E-state index in [0.717, 1.165) is 11.6 Å². The predicted molar refractivity (Wildman–Crippen MR) is 88.7 cm³/mol. The molecule has 1 aromatic heterocycles. The van der Waals surface area contributed by atoms with Gasteiger partial charge in [-0.2, -0.15) is 18.3 Å². The van der Waals surface area contributed by atoms with Gasteiger partial charge in [0.2, 0.25) is 5.91 Å². The fraction of sp³-hybridized carbons (Fsp3) is 0.312. The first-order chi connectivity index (χ1) is 12.1. The molecule has 0 fully saturated rings. The molecule has 0 atom stereocenters. The van der Waals surface area contributed by atoms with Crippen LogP contribution in [0, 0.1) is 13.8 Å². The molecule has 0 spiro atoms. The van der Waals surface area contributed by atoms with Gasteiger partial charge in [0, 0.05) is 23.5 Å². The second kappa shape index (κ2) is 7.46. The number of benzene rings is 1. The molecule has 2 rings (SSSR count). The van der Waals surface area contributed by atoms with Crippen LogP contribution in [0.1, 0.15) is 27.3 Å². The van der Waals surface area contributed by atoms with Crippen LogP contribution in [0.4, 0.5) is 23.7 Å². The number of primary amides is 1. The molecule has 0 aliphatic carbocycles. The van der Waals surface area contributed by atoms with Crippen LogP contribution in [-0.2, 0) is 12.7 Å². The van der Waals surface area contributed by atoms with E-state index in [1.165, 1.54) is 17.7 Å². The zero-order valence-electron chi connectivity index (χ0n) is 14.1. The number of amides is 3. The Kier molecular flexibility index (Phi) is 5.53. The maximum Gasteiger partial charge on any atom is 0.435 e. The molecule has 0 saturated carbocycles. The maximum atomic E-state index is 12.6. The molecule has 7 nitrogen and oxygen atoms in total. The topological polar surface area (TPSA) is 102 Å². The summed E-state index contributed by atoms with van der Waals surface area (Å²) in [6.07, 6.45) is -4.51. The molecule has 1 heterocycles. The summed E-state index contributed by atoms with van der Waals surface area (Å²) in [5.74, 6) is -0.622. The van der Waals surface area contributed by atoms with Gasteiger partial charge in [-0.15, -0.1) is 0 Å². The van der Waals surface area contributed by atoms with Gasteiger partial charge in [-0.1, -0.05) is 6.07 Å². The number of nitrogens with two attached hydrogens (primary N) is 1. The molecule has 3 amide bonds. The number of alkyl halides is 3. The molecule has 26 heavy (non-hydrogen) atoms. The SMILES string of the molecule is Cc1ccc(C(N)=O)cc1NC(=O)NCCn1nc(C(F)(F)F)cc1C. The minimum atomic E-state index is -4.51. The summed E-state index contributed by atoms with van der Waals surface area (Å²) in [4.78, 5) is 23.1. The molecule has 0 bridgehead atoms. The quantitative estimate of drug-likeness (QED) is 0.754. The van der Waals surface area contributed by atoms with Crippen molar-refractivity contribution in [1.82, 2.24) is 15.1 Å². The Morgan fingerprint density at radius 3 is 2.50 bits per heavy atom. The van der Waals surface area contributed by atoms with Gasteiger partial charge in [0.1, 0.15) is 0 Å². The summed E-state index contributed by atoms with van der Waals surface area (Å²) in [5, 5.41) is 8.57. The number of halogens is 3. The number of aromatic nitrogens is 2. The first-order valence-corrected chi connectivity index (χ1v) is 7.65. The predicted octanol–water partition coefficient (Wildman–Crippen LogP) is 2.44. The van der Waals surface area contributed by atoms with E-state index in [-0.39, 0.29) is 18.7 Å². The van der Waals surface area contributed by atoms with Crippen molar-refractivity contribution < 1.29 is 22.8 Å². The van der Waals surface area contributed by atoms with Crippen LogP contribution in [0.25, 0.3) is 0 Å². The van der Waals surface area contributed by atoms with E-state index in [0.29, 0.717) is 11.4 Å². The first kappa shape index (κ1) is 19.3. The number of rotatable bonds is 5. The van der Waals surface area contributed by atoms with Gasteiger partial charge in [0.15, 0.2) is 5.69 Å². The number of nitrogens with zero attached hydrogens (tertiary/aromatic N) is 2. The molecule has 0 saturated heterocycles. The maximum absolute atomic E-state index is 12.6. The van der Waals surface area contributed by atoms with Crippen LogP contribution >= 0.6 is 0 Å². The third kappa shape index (κ3) is 4.74. The average Bonchev–Trinajstić information content (AvgIpc) is 2.90. The van der Waals surface area contributed by atoms with Gasteiger partial charge in [-0.3, -0.25) is 9.48 Å². The normalized spacial score (nSPS) is 11.3. The highest BCUT2D eigenvalue weighted by molar-refractivity contribution is 5.96. The third-order valence-corrected chi connectivity index (χ3v) is 3.65. The van der Waals surface area contributed by atoms with E-state index in [1.54, 1.807) is 19.1 Å².